The van der Waals surface area contributed by atoms with Crippen molar-refractivity contribution < 1.29 is 0 Å². The van der Waals surface area contributed by atoms with Crippen LogP contribution < -0.4 is 5.32 Å². The SMILES string of the molecule is Cc1cc(C#N)nc(Nc2ccc(I)cc2Cl)n1. The molecule has 0 fully saturated rings. The third kappa shape index (κ3) is 3.09. The van der Waals surface area contributed by atoms with Gasteiger partial charge in [-0.1, -0.05) is 11.6 Å². The Morgan fingerprint density at radius 3 is 2.78 bits per heavy atom. The number of halogens is 2. The Bertz CT molecular complexity index is 636. The van der Waals surface area contributed by atoms with E-state index in [9.17, 15) is 0 Å². The highest BCUT2D eigenvalue weighted by Crippen LogP contribution is 2.25. The minimum atomic E-state index is 0.326. The minimum Gasteiger partial charge on any atom is -0.323 e. The van der Waals surface area contributed by atoms with Crippen molar-refractivity contribution in [3.8, 4) is 6.07 Å². The Morgan fingerprint density at radius 1 is 1.33 bits per heavy atom. The van der Waals surface area contributed by atoms with Crippen LogP contribution in [0.25, 0.3) is 0 Å². The molecule has 1 N–H and O–H groups in total. The smallest absolute Gasteiger partial charge is 0.228 e. The number of benzene rings is 1. The van der Waals surface area contributed by atoms with Crippen LogP contribution in [0.5, 0.6) is 0 Å². The summed E-state index contributed by atoms with van der Waals surface area (Å²) in [5.41, 5.74) is 1.77. The van der Waals surface area contributed by atoms with E-state index in [4.69, 9.17) is 16.9 Å². The number of nitrogens with zero attached hydrogens (tertiary/aromatic N) is 3. The van der Waals surface area contributed by atoms with Gasteiger partial charge in [0.15, 0.2) is 0 Å². The molecule has 0 aliphatic heterocycles. The zero-order chi connectivity index (χ0) is 13.1. The van der Waals surface area contributed by atoms with Crippen LogP contribution in [0, 0.1) is 21.8 Å². The van der Waals surface area contributed by atoms with Gasteiger partial charge in [-0.2, -0.15) is 5.26 Å². The number of hydrogen-bond acceptors (Lipinski definition) is 4. The van der Waals surface area contributed by atoms with E-state index in [1.165, 1.54) is 0 Å². The lowest BCUT2D eigenvalue weighted by Crippen LogP contribution is -2.00. The Hall–Kier alpha value is -1.39. The van der Waals surface area contributed by atoms with Crippen molar-refractivity contribution in [2.45, 2.75) is 6.92 Å². The molecule has 1 aromatic heterocycles. The fourth-order valence-corrected chi connectivity index (χ4v) is 2.30. The Balaban J connectivity index is 2.34. The van der Waals surface area contributed by atoms with E-state index >= 15 is 0 Å². The fraction of sp³-hybridized carbons (Fsp3) is 0.0833. The van der Waals surface area contributed by atoms with E-state index in [0.29, 0.717) is 22.4 Å². The van der Waals surface area contributed by atoms with Gasteiger partial charge in [0.2, 0.25) is 5.95 Å². The average molecular weight is 371 g/mol. The van der Waals surface area contributed by atoms with Crippen molar-refractivity contribution in [1.82, 2.24) is 9.97 Å². The zero-order valence-corrected chi connectivity index (χ0v) is 12.3. The lowest BCUT2D eigenvalue weighted by atomic mass is 10.3. The molecule has 18 heavy (non-hydrogen) atoms. The first-order chi connectivity index (χ1) is 8.58. The molecule has 0 aliphatic rings. The predicted molar refractivity (Wildman–Crippen MR) is 78.9 cm³/mol. The Labute approximate surface area is 123 Å². The summed E-state index contributed by atoms with van der Waals surface area (Å²) >= 11 is 8.29. The second-order valence-electron chi connectivity index (χ2n) is 3.58. The molecule has 1 aromatic carbocycles. The summed E-state index contributed by atoms with van der Waals surface area (Å²) in [6, 6.07) is 9.23. The van der Waals surface area contributed by atoms with E-state index < -0.39 is 0 Å². The van der Waals surface area contributed by atoms with Crippen LogP contribution in [0.4, 0.5) is 11.6 Å². The molecule has 0 spiro atoms. The first kappa shape index (κ1) is 13.1. The summed E-state index contributed by atoms with van der Waals surface area (Å²) in [4.78, 5) is 8.27. The van der Waals surface area contributed by atoms with E-state index in [2.05, 4.69) is 37.9 Å². The fourth-order valence-electron chi connectivity index (χ4n) is 1.39. The van der Waals surface area contributed by atoms with Gasteiger partial charge in [-0.05, 0) is 53.8 Å². The summed E-state index contributed by atoms with van der Waals surface area (Å²) in [6.07, 6.45) is 0. The third-order valence-corrected chi connectivity index (χ3v) is 3.13. The minimum absolute atomic E-state index is 0.326. The maximum atomic E-state index is 8.85. The van der Waals surface area contributed by atoms with Gasteiger partial charge in [-0.25, -0.2) is 9.97 Å². The molecule has 0 amide bonds. The van der Waals surface area contributed by atoms with Crippen molar-refractivity contribution in [2.24, 2.45) is 0 Å². The molecule has 0 atom stereocenters. The van der Waals surface area contributed by atoms with Crippen molar-refractivity contribution in [3.05, 3.63) is 44.2 Å². The zero-order valence-electron chi connectivity index (χ0n) is 9.41. The largest absolute Gasteiger partial charge is 0.323 e. The molecule has 0 bridgehead atoms. The van der Waals surface area contributed by atoms with Crippen LogP contribution in [-0.2, 0) is 0 Å². The molecule has 1 heterocycles. The van der Waals surface area contributed by atoms with E-state index in [1.54, 1.807) is 6.07 Å². The molecule has 0 radical (unpaired) electrons. The third-order valence-electron chi connectivity index (χ3n) is 2.15. The second-order valence-corrected chi connectivity index (χ2v) is 5.23. The van der Waals surface area contributed by atoms with Gasteiger partial charge < -0.3 is 5.32 Å². The summed E-state index contributed by atoms with van der Waals surface area (Å²) in [7, 11) is 0. The van der Waals surface area contributed by atoms with Gasteiger partial charge in [0.05, 0.1) is 10.7 Å². The molecule has 4 nitrogen and oxygen atoms in total. The molecule has 6 heteroatoms. The Morgan fingerprint density at radius 2 is 2.11 bits per heavy atom. The van der Waals surface area contributed by atoms with Gasteiger partial charge in [0.25, 0.3) is 0 Å². The Kier molecular flexibility index (Phi) is 3.99. The number of nitrogens with one attached hydrogen (secondary N) is 1. The number of aromatic nitrogens is 2. The standard InChI is InChI=1S/C12H8ClIN4/c1-7-4-9(6-15)17-12(16-7)18-11-3-2-8(14)5-10(11)13/h2-5H,1H3,(H,16,17,18). The highest BCUT2D eigenvalue weighted by atomic mass is 127. The van der Waals surface area contributed by atoms with Crippen LogP contribution >= 0.6 is 34.2 Å². The van der Waals surface area contributed by atoms with E-state index in [0.717, 1.165) is 9.26 Å². The summed E-state index contributed by atoms with van der Waals surface area (Å²) < 4.78 is 1.05. The molecule has 0 saturated heterocycles. The van der Waals surface area contributed by atoms with Crippen molar-refractivity contribution >= 4 is 45.8 Å². The van der Waals surface area contributed by atoms with Crippen LogP contribution in [-0.4, -0.2) is 9.97 Å². The maximum absolute atomic E-state index is 8.85. The summed E-state index contributed by atoms with van der Waals surface area (Å²) in [5, 5.41) is 12.4. The van der Waals surface area contributed by atoms with E-state index in [1.807, 2.05) is 31.2 Å². The van der Waals surface area contributed by atoms with Crippen molar-refractivity contribution in [3.63, 3.8) is 0 Å². The van der Waals surface area contributed by atoms with E-state index in [-0.39, 0.29) is 0 Å². The predicted octanol–water partition coefficient (Wildman–Crippen LogP) is 3.66. The molecular weight excluding hydrogens is 363 g/mol. The molecule has 0 saturated carbocycles. The molecule has 2 rings (SSSR count). The summed E-state index contributed by atoms with van der Waals surface area (Å²) in [6.45, 7) is 1.81. The second kappa shape index (κ2) is 5.50. The molecule has 90 valence electrons. The highest BCUT2D eigenvalue weighted by Gasteiger charge is 2.05. The lowest BCUT2D eigenvalue weighted by molar-refractivity contribution is 1.09. The van der Waals surface area contributed by atoms with Crippen LogP contribution in [0.3, 0.4) is 0 Å². The first-order valence-corrected chi connectivity index (χ1v) is 6.52. The summed E-state index contributed by atoms with van der Waals surface area (Å²) in [5.74, 6) is 0.370. The normalized spacial score (nSPS) is 9.89. The molecular formula is C12H8ClIN4. The average Bonchev–Trinajstić information content (AvgIpc) is 2.32. The highest BCUT2D eigenvalue weighted by molar-refractivity contribution is 14.1. The molecule has 0 unspecified atom stereocenters. The van der Waals surface area contributed by atoms with Gasteiger partial charge in [-0.3, -0.25) is 0 Å². The molecule has 0 aliphatic carbocycles. The number of nitriles is 1. The lowest BCUT2D eigenvalue weighted by Gasteiger charge is -2.07. The van der Waals surface area contributed by atoms with Crippen LogP contribution in [0.15, 0.2) is 24.3 Å². The van der Waals surface area contributed by atoms with Crippen molar-refractivity contribution in [2.75, 3.05) is 5.32 Å². The van der Waals surface area contributed by atoms with Gasteiger partial charge >= 0.3 is 0 Å². The topological polar surface area (TPSA) is 61.6 Å². The number of aryl methyl sites for hydroxylation is 1. The first-order valence-electron chi connectivity index (χ1n) is 5.06. The maximum Gasteiger partial charge on any atom is 0.228 e. The van der Waals surface area contributed by atoms with Gasteiger partial charge in [-0.15, -0.1) is 0 Å². The monoisotopic (exact) mass is 370 g/mol. The number of rotatable bonds is 2. The number of hydrogen-bond donors (Lipinski definition) is 1. The van der Waals surface area contributed by atoms with Gasteiger partial charge in [0.1, 0.15) is 11.8 Å². The van der Waals surface area contributed by atoms with Crippen LogP contribution in [0.1, 0.15) is 11.4 Å². The van der Waals surface area contributed by atoms with Crippen molar-refractivity contribution in [1.29, 1.82) is 5.26 Å². The van der Waals surface area contributed by atoms with Crippen LogP contribution in [0.2, 0.25) is 5.02 Å². The molecule has 2 aromatic rings. The number of anilines is 2. The quantitative estimate of drug-likeness (QED) is 0.820. The van der Waals surface area contributed by atoms with Gasteiger partial charge in [0, 0.05) is 9.26 Å².